The first-order valence-electron chi connectivity index (χ1n) is 13.0. The Hall–Kier alpha value is -3.61. The number of nitrogens with zero attached hydrogens (tertiary/aromatic N) is 4. The van der Waals surface area contributed by atoms with E-state index in [1.165, 1.54) is 0 Å². The zero-order valence-electron chi connectivity index (χ0n) is 20.7. The number of rotatable bonds is 7. The molecule has 1 atom stereocenters. The average molecular weight is 487 g/mol. The van der Waals surface area contributed by atoms with Crippen molar-refractivity contribution >= 4 is 11.8 Å². The molecule has 3 aromatic rings. The minimum atomic E-state index is 0.0311. The first-order valence-corrected chi connectivity index (χ1v) is 13.0. The monoisotopic (exact) mass is 486 g/mol. The molecule has 188 valence electrons. The summed E-state index contributed by atoms with van der Waals surface area (Å²) in [6, 6.07) is 17.7. The van der Waals surface area contributed by atoms with E-state index in [-0.39, 0.29) is 24.5 Å². The number of likely N-dealkylation sites (tertiary alicyclic amines) is 2. The molecule has 1 aromatic heterocycles. The van der Waals surface area contributed by atoms with Gasteiger partial charge >= 0.3 is 0 Å². The highest BCUT2D eigenvalue weighted by molar-refractivity contribution is 5.94. The van der Waals surface area contributed by atoms with Crippen LogP contribution in [-0.2, 0) is 11.3 Å². The third-order valence-corrected chi connectivity index (χ3v) is 7.45. The van der Waals surface area contributed by atoms with E-state index in [9.17, 15) is 9.59 Å². The van der Waals surface area contributed by atoms with Gasteiger partial charge in [0, 0.05) is 50.2 Å². The molecule has 7 heteroatoms. The van der Waals surface area contributed by atoms with Crippen molar-refractivity contribution in [2.75, 3.05) is 26.2 Å². The van der Waals surface area contributed by atoms with E-state index in [4.69, 9.17) is 4.74 Å². The number of amides is 2. The van der Waals surface area contributed by atoms with Crippen molar-refractivity contribution in [3.8, 4) is 5.75 Å². The summed E-state index contributed by atoms with van der Waals surface area (Å²) in [4.78, 5) is 34.4. The van der Waals surface area contributed by atoms with E-state index in [1.807, 2.05) is 64.2 Å². The molecule has 0 bridgehead atoms. The lowest BCUT2D eigenvalue weighted by molar-refractivity contribution is -0.135. The van der Waals surface area contributed by atoms with Gasteiger partial charge in [0.05, 0.1) is 6.33 Å². The molecule has 5 rings (SSSR count). The molecule has 0 unspecified atom stereocenters. The number of piperidine rings is 2. The first kappa shape index (κ1) is 24.1. The van der Waals surface area contributed by atoms with Crippen LogP contribution in [0.15, 0.2) is 73.3 Å². The summed E-state index contributed by atoms with van der Waals surface area (Å²) in [7, 11) is 0. The van der Waals surface area contributed by atoms with Crippen molar-refractivity contribution in [2.45, 2.75) is 44.7 Å². The van der Waals surface area contributed by atoms with Crippen LogP contribution in [0.5, 0.6) is 5.75 Å². The topological polar surface area (TPSA) is 67.7 Å². The predicted molar refractivity (Wildman–Crippen MR) is 138 cm³/mol. The zero-order valence-corrected chi connectivity index (χ0v) is 20.7. The lowest BCUT2D eigenvalue weighted by atomic mass is 9.83. The fraction of sp³-hybridized carbons (Fsp3) is 0.414. The fourth-order valence-electron chi connectivity index (χ4n) is 5.55. The molecular formula is C29H34N4O3. The summed E-state index contributed by atoms with van der Waals surface area (Å²) in [5.41, 5.74) is 1.85. The Morgan fingerprint density at radius 1 is 0.944 bits per heavy atom. The molecule has 7 nitrogen and oxygen atoms in total. The summed E-state index contributed by atoms with van der Waals surface area (Å²) in [5.74, 6) is 1.29. The van der Waals surface area contributed by atoms with E-state index in [1.54, 1.807) is 12.5 Å². The highest BCUT2D eigenvalue weighted by atomic mass is 16.5. The highest BCUT2D eigenvalue weighted by Crippen LogP contribution is 2.32. The molecule has 2 amide bonds. The number of carbonyl (C=O) groups excluding carboxylic acids is 2. The van der Waals surface area contributed by atoms with Crippen molar-refractivity contribution in [3.05, 3.63) is 84.4 Å². The summed E-state index contributed by atoms with van der Waals surface area (Å²) in [5, 5.41) is 0. The molecule has 0 aliphatic carbocycles. The Morgan fingerprint density at radius 3 is 2.56 bits per heavy atom. The van der Waals surface area contributed by atoms with E-state index in [0.717, 1.165) is 62.9 Å². The summed E-state index contributed by atoms with van der Waals surface area (Å²) in [6.45, 7) is 3.02. The Labute approximate surface area is 212 Å². The molecule has 2 aliphatic rings. The average Bonchev–Trinajstić information content (AvgIpc) is 3.45. The third kappa shape index (κ3) is 5.78. The van der Waals surface area contributed by atoms with Gasteiger partial charge in [0.2, 0.25) is 0 Å². The lowest BCUT2D eigenvalue weighted by Gasteiger charge is -2.43. The molecule has 36 heavy (non-hydrogen) atoms. The van der Waals surface area contributed by atoms with Crippen molar-refractivity contribution in [3.63, 3.8) is 0 Å². The molecule has 0 radical (unpaired) electrons. The smallest absolute Gasteiger partial charge is 0.260 e. The summed E-state index contributed by atoms with van der Waals surface area (Å²) in [6.07, 6.45) is 10.6. The van der Waals surface area contributed by atoms with Crippen LogP contribution in [0.1, 0.15) is 48.0 Å². The highest BCUT2D eigenvalue weighted by Gasteiger charge is 2.36. The second kappa shape index (κ2) is 11.4. The SMILES string of the molecule is O=C(COc1ccccc1)N1CCC([C@H]2CCCCN2C(=O)c2cccc(Cn3ccnc3)c2)CC1. The quantitative estimate of drug-likeness (QED) is 0.501. The Balaban J connectivity index is 1.18. The second-order valence-corrected chi connectivity index (χ2v) is 9.82. The maximum atomic E-state index is 13.6. The molecule has 0 saturated carbocycles. The standard InChI is InChI=1S/C29H34N4O3/c34-28(21-36-26-9-2-1-3-10-26)32-16-12-24(13-17-32)27-11-4-5-15-33(27)29(35)25-8-6-7-23(19-25)20-31-18-14-30-22-31/h1-3,6-10,14,18-19,22,24,27H,4-5,11-13,15-17,20-21H2/t27-/m1/s1. The molecule has 2 saturated heterocycles. The number of benzene rings is 2. The number of para-hydroxylation sites is 1. The molecule has 0 spiro atoms. The van der Waals surface area contributed by atoms with Crippen LogP contribution in [0.2, 0.25) is 0 Å². The molecule has 2 aliphatic heterocycles. The van der Waals surface area contributed by atoms with Gasteiger partial charge in [-0.05, 0) is 67.9 Å². The number of imidazole rings is 1. The molecule has 2 aromatic carbocycles. The van der Waals surface area contributed by atoms with Gasteiger partial charge in [0.1, 0.15) is 5.75 Å². The summed E-state index contributed by atoms with van der Waals surface area (Å²) < 4.78 is 7.66. The second-order valence-electron chi connectivity index (χ2n) is 9.82. The van der Waals surface area contributed by atoms with E-state index < -0.39 is 0 Å². The Bertz CT molecular complexity index is 1140. The Kier molecular flexibility index (Phi) is 7.64. The van der Waals surface area contributed by atoms with Gasteiger partial charge in [-0.3, -0.25) is 9.59 Å². The predicted octanol–water partition coefficient (Wildman–Crippen LogP) is 4.24. The van der Waals surface area contributed by atoms with E-state index >= 15 is 0 Å². The number of hydrogen-bond donors (Lipinski definition) is 0. The normalized spacial score (nSPS) is 18.7. The van der Waals surface area contributed by atoms with Crippen LogP contribution in [0.4, 0.5) is 0 Å². The van der Waals surface area contributed by atoms with Crippen LogP contribution in [0, 0.1) is 5.92 Å². The van der Waals surface area contributed by atoms with Gasteiger partial charge in [-0.15, -0.1) is 0 Å². The van der Waals surface area contributed by atoms with Crippen molar-refractivity contribution in [1.82, 2.24) is 19.4 Å². The lowest BCUT2D eigenvalue weighted by Crippen LogP contribution is -2.51. The van der Waals surface area contributed by atoms with Crippen LogP contribution >= 0.6 is 0 Å². The van der Waals surface area contributed by atoms with Crippen LogP contribution in [0.25, 0.3) is 0 Å². The van der Waals surface area contributed by atoms with Crippen molar-refractivity contribution in [1.29, 1.82) is 0 Å². The van der Waals surface area contributed by atoms with Crippen LogP contribution in [-0.4, -0.2) is 63.4 Å². The fourth-order valence-corrected chi connectivity index (χ4v) is 5.55. The number of ether oxygens (including phenoxy) is 1. The molecule has 2 fully saturated rings. The maximum absolute atomic E-state index is 13.6. The molecular weight excluding hydrogens is 452 g/mol. The third-order valence-electron chi connectivity index (χ3n) is 7.45. The zero-order chi connectivity index (χ0) is 24.7. The first-order chi connectivity index (χ1) is 17.7. The minimum Gasteiger partial charge on any atom is -0.484 e. The van der Waals surface area contributed by atoms with Gasteiger partial charge in [-0.2, -0.15) is 0 Å². The number of carbonyl (C=O) groups is 2. The van der Waals surface area contributed by atoms with Gasteiger partial charge in [-0.25, -0.2) is 4.98 Å². The van der Waals surface area contributed by atoms with Gasteiger partial charge in [0.15, 0.2) is 6.61 Å². The van der Waals surface area contributed by atoms with Crippen molar-refractivity contribution < 1.29 is 14.3 Å². The van der Waals surface area contributed by atoms with Crippen LogP contribution in [0.3, 0.4) is 0 Å². The van der Waals surface area contributed by atoms with E-state index in [2.05, 4.69) is 16.0 Å². The Morgan fingerprint density at radius 2 is 1.78 bits per heavy atom. The van der Waals surface area contributed by atoms with Gasteiger partial charge in [0.25, 0.3) is 11.8 Å². The number of aromatic nitrogens is 2. The van der Waals surface area contributed by atoms with Crippen molar-refractivity contribution in [2.24, 2.45) is 5.92 Å². The number of hydrogen-bond acceptors (Lipinski definition) is 4. The maximum Gasteiger partial charge on any atom is 0.260 e. The van der Waals surface area contributed by atoms with Gasteiger partial charge < -0.3 is 19.1 Å². The van der Waals surface area contributed by atoms with Crippen LogP contribution < -0.4 is 4.74 Å². The minimum absolute atomic E-state index is 0.0311. The van der Waals surface area contributed by atoms with E-state index in [0.29, 0.717) is 18.2 Å². The molecule has 3 heterocycles. The largest absolute Gasteiger partial charge is 0.484 e. The van der Waals surface area contributed by atoms with Gasteiger partial charge in [-0.1, -0.05) is 30.3 Å². The molecule has 0 N–H and O–H groups in total. The summed E-state index contributed by atoms with van der Waals surface area (Å²) >= 11 is 0.